The molecule has 0 saturated heterocycles. The van der Waals surface area contributed by atoms with Gasteiger partial charge in [-0.25, -0.2) is 0 Å². The Hall–Kier alpha value is -1.76. The molecule has 160 valence electrons. The van der Waals surface area contributed by atoms with E-state index in [0.717, 1.165) is 29.9 Å². The SMILES string of the molecule is O=C(O)CSCCCS[C@H]1C(=O)CC[C@@H]1C=CC(O)Cc1ccc2ccccc2c1. The minimum atomic E-state index is -0.786. The average molecular weight is 445 g/mol. The Bertz CT molecular complexity index is 896. The second kappa shape index (κ2) is 11.6. The zero-order valence-corrected chi connectivity index (χ0v) is 18.5. The standard InChI is InChI=1S/C24H28O4S2/c25-21(15-17-6-7-18-4-1-2-5-20(18)14-17)10-8-19-9-11-22(26)24(19)30-13-3-12-29-16-23(27)28/h1-2,4-8,10,14,19,21,24-25H,3,9,11-13,15-16H2,(H,27,28)/t19-,21?,24+/m0/s1. The van der Waals surface area contributed by atoms with Crippen LogP contribution in [0.3, 0.4) is 0 Å². The molecule has 3 rings (SSSR count). The van der Waals surface area contributed by atoms with Crippen molar-refractivity contribution in [3.63, 3.8) is 0 Å². The Morgan fingerprint density at radius 2 is 1.97 bits per heavy atom. The quantitative estimate of drug-likeness (QED) is 0.390. The first-order valence-electron chi connectivity index (χ1n) is 10.3. The third-order valence-electron chi connectivity index (χ3n) is 5.23. The van der Waals surface area contributed by atoms with Crippen LogP contribution >= 0.6 is 23.5 Å². The number of carbonyl (C=O) groups excluding carboxylic acids is 1. The molecular weight excluding hydrogens is 416 g/mol. The molecule has 0 radical (unpaired) electrons. The van der Waals surface area contributed by atoms with Gasteiger partial charge in [-0.3, -0.25) is 9.59 Å². The number of carbonyl (C=O) groups is 2. The van der Waals surface area contributed by atoms with E-state index in [4.69, 9.17) is 5.11 Å². The first kappa shape index (κ1) is 22.9. The van der Waals surface area contributed by atoms with Gasteiger partial charge in [0, 0.05) is 12.8 Å². The second-order valence-corrected chi connectivity index (χ2v) is 9.95. The van der Waals surface area contributed by atoms with Gasteiger partial charge >= 0.3 is 5.97 Å². The lowest BCUT2D eigenvalue weighted by molar-refractivity contribution is -0.133. The summed E-state index contributed by atoms with van der Waals surface area (Å²) >= 11 is 3.09. The topological polar surface area (TPSA) is 74.6 Å². The van der Waals surface area contributed by atoms with E-state index in [2.05, 4.69) is 30.3 Å². The van der Waals surface area contributed by atoms with E-state index in [1.54, 1.807) is 11.8 Å². The highest BCUT2D eigenvalue weighted by molar-refractivity contribution is 8.01. The van der Waals surface area contributed by atoms with Gasteiger partial charge in [-0.15, -0.1) is 11.8 Å². The van der Waals surface area contributed by atoms with Gasteiger partial charge in [0.1, 0.15) is 5.78 Å². The van der Waals surface area contributed by atoms with Gasteiger partial charge < -0.3 is 10.2 Å². The molecule has 6 heteroatoms. The summed E-state index contributed by atoms with van der Waals surface area (Å²) in [7, 11) is 0. The number of rotatable bonds is 11. The summed E-state index contributed by atoms with van der Waals surface area (Å²) in [5, 5.41) is 21.5. The molecular formula is C24H28O4S2. The van der Waals surface area contributed by atoms with Crippen molar-refractivity contribution in [2.45, 2.75) is 37.0 Å². The molecule has 0 aromatic heterocycles. The van der Waals surface area contributed by atoms with Gasteiger partial charge in [-0.2, -0.15) is 11.8 Å². The summed E-state index contributed by atoms with van der Waals surface area (Å²) in [6.07, 6.45) is 6.18. The van der Waals surface area contributed by atoms with Gasteiger partial charge in [0.05, 0.1) is 17.1 Å². The van der Waals surface area contributed by atoms with Crippen molar-refractivity contribution in [1.29, 1.82) is 0 Å². The summed E-state index contributed by atoms with van der Waals surface area (Å²) < 4.78 is 0. The van der Waals surface area contributed by atoms with Gasteiger partial charge in [0.25, 0.3) is 0 Å². The predicted molar refractivity (Wildman–Crippen MR) is 126 cm³/mol. The zero-order valence-electron chi connectivity index (χ0n) is 16.9. The lowest BCUT2D eigenvalue weighted by Crippen LogP contribution is -2.17. The monoisotopic (exact) mass is 444 g/mol. The van der Waals surface area contributed by atoms with Crippen LogP contribution in [0.2, 0.25) is 0 Å². The van der Waals surface area contributed by atoms with Crippen LogP contribution in [0, 0.1) is 5.92 Å². The minimum Gasteiger partial charge on any atom is -0.481 e. The summed E-state index contributed by atoms with van der Waals surface area (Å²) in [5.41, 5.74) is 1.10. The van der Waals surface area contributed by atoms with E-state index in [1.807, 2.05) is 24.3 Å². The van der Waals surface area contributed by atoms with Gasteiger partial charge in [-0.1, -0.05) is 54.6 Å². The normalized spacial score (nSPS) is 20.2. The Kier molecular flexibility index (Phi) is 8.85. The Morgan fingerprint density at radius 3 is 2.77 bits per heavy atom. The lowest BCUT2D eigenvalue weighted by Gasteiger charge is -2.15. The molecule has 0 amide bonds. The first-order valence-corrected chi connectivity index (χ1v) is 12.5. The van der Waals surface area contributed by atoms with Crippen LogP contribution in [0.4, 0.5) is 0 Å². The summed E-state index contributed by atoms with van der Waals surface area (Å²) in [6, 6.07) is 14.4. The Balaban J connectivity index is 1.47. The first-order chi connectivity index (χ1) is 14.5. The maximum absolute atomic E-state index is 12.3. The number of carboxylic acids is 1. The van der Waals surface area contributed by atoms with E-state index in [0.29, 0.717) is 12.8 Å². The average Bonchev–Trinajstić information content (AvgIpc) is 3.08. The number of thioether (sulfide) groups is 2. The second-order valence-electron chi connectivity index (χ2n) is 7.60. The van der Waals surface area contributed by atoms with Gasteiger partial charge in [0.15, 0.2) is 0 Å². The molecule has 2 aromatic rings. The number of aliphatic hydroxyl groups is 1. The van der Waals surface area contributed by atoms with E-state index >= 15 is 0 Å². The summed E-state index contributed by atoms with van der Waals surface area (Å²) in [4.78, 5) is 22.8. The predicted octanol–water partition coefficient (Wildman–Crippen LogP) is 4.59. The fourth-order valence-corrected chi connectivity index (χ4v) is 5.92. The number of aliphatic carboxylic acids is 1. The van der Waals surface area contributed by atoms with Crippen molar-refractivity contribution < 1.29 is 19.8 Å². The number of carboxylic acid groups (broad SMARTS) is 1. The molecule has 0 aliphatic heterocycles. The van der Waals surface area contributed by atoms with Crippen LogP contribution < -0.4 is 0 Å². The molecule has 0 heterocycles. The molecule has 0 bridgehead atoms. The number of ketones is 1. The van der Waals surface area contributed by atoms with E-state index in [1.165, 1.54) is 22.5 Å². The third-order valence-corrected chi connectivity index (χ3v) is 7.75. The highest BCUT2D eigenvalue weighted by Gasteiger charge is 2.33. The summed E-state index contributed by atoms with van der Waals surface area (Å²) in [6.45, 7) is 0. The van der Waals surface area contributed by atoms with Crippen LogP contribution in [-0.4, -0.2) is 50.6 Å². The third kappa shape index (κ3) is 6.89. The Morgan fingerprint density at radius 1 is 1.17 bits per heavy atom. The van der Waals surface area contributed by atoms with Crippen molar-refractivity contribution in [2.24, 2.45) is 5.92 Å². The van der Waals surface area contributed by atoms with E-state index in [9.17, 15) is 14.7 Å². The van der Waals surface area contributed by atoms with Crippen molar-refractivity contribution in [1.82, 2.24) is 0 Å². The number of aliphatic hydroxyl groups excluding tert-OH is 1. The number of allylic oxidation sites excluding steroid dienone is 1. The fraction of sp³-hybridized carbons (Fsp3) is 0.417. The van der Waals surface area contributed by atoms with Crippen molar-refractivity contribution >= 4 is 46.0 Å². The molecule has 1 aliphatic rings. The highest BCUT2D eigenvalue weighted by Crippen LogP contribution is 2.34. The number of hydrogen-bond acceptors (Lipinski definition) is 5. The van der Waals surface area contributed by atoms with Gasteiger partial charge in [0.2, 0.25) is 0 Å². The molecule has 2 aromatic carbocycles. The number of fused-ring (bicyclic) bond motifs is 1. The highest BCUT2D eigenvalue weighted by atomic mass is 32.2. The van der Waals surface area contributed by atoms with Crippen LogP contribution in [-0.2, 0) is 16.0 Å². The molecule has 3 atom stereocenters. The van der Waals surface area contributed by atoms with E-state index < -0.39 is 12.1 Å². The largest absolute Gasteiger partial charge is 0.481 e. The molecule has 2 N–H and O–H groups in total. The maximum atomic E-state index is 12.3. The molecule has 30 heavy (non-hydrogen) atoms. The molecule has 1 aliphatic carbocycles. The summed E-state index contributed by atoms with van der Waals surface area (Å²) in [5.74, 6) is 1.45. The van der Waals surface area contributed by atoms with Crippen LogP contribution in [0.25, 0.3) is 10.8 Å². The van der Waals surface area contributed by atoms with Crippen LogP contribution in [0.15, 0.2) is 54.6 Å². The number of hydrogen-bond donors (Lipinski definition) is 2. The smallest absolute Gasteiger partial charge is 0.313 e. The van der Waals surface area contributed by atoms with E-state index in [-0.39, 0.29) is 22.7 Å². The van der Waals surface area contributed by atoms with Crippen molar-refractivity contribution in [3.8, 4) is 0 Å². The minimum absolute atomic E-state index is 0.0430. The fourth-order valence-electron chi connectivity index (χ4n) is 3.73. The molecule has 1 fully saturated rings. The number of Topliss-reactive ketones (excluding diaryl/α,β-unsaturated/α-hetero) is 1. The Labute approximate surface area is 186 Å². The number of benzene rings is 2. The lowest BCUT2D eigenvalue weighted by atomic mass is 10.0. The zero-order chi connectivity index (χ0) is 21.3. The van der Waals surface area contributed by atoms with Crippen molar-refractivity contribution in [2.75, 3.05) is 17.3 Å². The maximum Gasteiger partial charge on any atom is 0.313 e. The van der Waals surface area contributed by atoms with Gasteiger partial charge in [-0.05, 0) is 46.6 Å². The molecule has 1 saturated carbocycles. The molecule has 1 unspecified atom stereocenters. The van der Waals surface area contributed by atoms with Crippen molar-refractivity contribution in [3.05, 3.63) is 60.2 Å². The molecule has 0 spiro atoms. The molecule has 4 nitrogen and oxygen atoms in total. The van der Waals surface area contributed by atoms with Crippen LogP contribution in [0.1, 0.15) is 24.8 Å². The van der Waals surface area contributed by atoms with Crippen LogP contribution in [0.5, 0.6) is 0 Å².